The van der Waals surface area contributed by atoms with E-state index in [1.54, 1.807) is 12.3 Å². The first-order chi connectivity index (χ1) is 9.61. The van der Waals surface area contributed by atoms with E-state index < -0.39 is 0 Å². The van der Waals surface area contributed by atoms with Crippen molar-refractivity contribution in [2.45, 2.75) is 0 Å². The van der Waals surface area contributed by atoms with E-state index in [-0.39, 0.29) is 11.1 Å². The van der Waals surface area contributed by atoms with E-state index in [9.17, 15) is 4.79 Å². The van der Waals surface area contributed by atoms with Crippen LogP contribution in [0.5, 0.6) is 0 Å². The average Bonchev–Trinajstić information content (AvgIpc) is 2.86. The molecule has 0 aliphatic heterocycles. The number of ether oxygens (including phenoxy) is 1. The van der Waals surface area contributed by atoms with Crippen molar-refractivity contribution in [2.75, 3.05) is 12.8 Å². The maximum Gasteiger partial charge on any atom is 0.205 e. The van der Waals surface area contributed by atoms with Gasteiger partial charge in [0.05, 0.1) is 41.1 Å². The second-order valence-corrected chi connectivity index (χ2v) is 4.41. The van der Waals surface area contributed by atoms with E-state index in [1.807, 2.05) is 0 Å². The number of carbonyl (C=O) groups excluding carboxylic acids is 1. The summed E-state index contributed by atoms with van der Waals surface area (Å²) in [6.45, 7) is 0. The normalized spacial score (nSPS) is 11.7. The van der Waals surface area contributed by atoms with Gasteiger partial charge in [-0.15, -0.1) is 0 Å². The first-order valence-corrected chi connectivity index (χ1v) is 5.93. The number of nitrogen functional groups attached to an aromatic ring is 1. The summed E-state index contributed by atoms with van der Waals surface area (Å²) in [6.07, 6.45) is 4.28. The number of nitrogens with one attached hydrogen (secondary N) is 2. The summed E-state index contributed by atoms with van der Waals surface area (Å²) >= 11 is 0. The van der Waals surface area contributed by atoms with Gasteiger partial charge in [0.25, 0.3) is 0 Å². The number of nitrogens with two attached hydrogens (primary N) is 1. The Morgan fingerprint density at radius 2 is 2.30 bits per heavy atom. The number of H-pyrrole nitrogens is 1. The smallest absolute Gasteiger partial charge is 0.205 e. The van der Waals surface area contributed by atoms with Crippen molar-refractivity contribution in [3.8, 4) is 0 Å². The molecular weight excluding hydrogens is 256 g/mol. The Labute approximate surface area is 113 Å². The predicted molar refractivity (Wildman–Crippen MR) is 75.5 cm³/mol. The van der Waals surface area contributed by atoms with Crippen molar-refractivity contribution in [2.24, 2.45) is 0 Å². The quantitative estimate of drug-likeness (QED) is 0.290. The first kappa shape index (κ1) is 12.2. The third-order valence-electron chi connectivity index (χ3n) is 3.13. The monoisotopic (exact) mass is 268 g/mol. The van der Waals surface area contributed by atoms with Crippen molar-refractivity contribution >= 4 is 33.3 Å². The minimum atomic E-state index is -0.233. The predicted octanol–water partition coefficient (Wildman–Crippen LogP) is 1.56. The second kappa shape index (κ2) is 4.34. The number of benzene rings is 1. The lowest BCUT2D eigenvalue weighted by atomic mass is 10.1. The van der Waals surface area contributed by atoms with Crippen LogP contribution in [0.2, 0.25) is 0 Å². The molecule has 0 unspecified atom stereocenters. The Morgan fingerprint density at radius 3 is 3.05 bits per heavy atom. The Bertz CT molecular complexity index is 895. The number of aromatic nitrogens is 2. The highest BCUT2D eigenvalue weighted by molar-refractivity contribution is 6.14. The number of methoxy groups -OCH3 is 1. The van der Waals surface area contributed by atoms with Crippen LogP contribution in [0.3, 0.4) is 0 Å². The molecule has 0 radical (unpaired) electrons. The molecule has 0 amide bonds. The molecule has 20 heavy (non-hydrogen) atoms. The summed E-state index contributed by atoms with van der Waals surface area (Å²) in [4.78, 5) is 19.2. The Balaban J connectivity index is 2.31. The molecule has 1 aromatic carbocycles. The minimum absolute atomic E-state index is 0.233. The van der Waals surface area contributed by atoms with Crippen molar-refractivity contribution in [1.82, 2.24) is 9.97 Å². The standard InChI is InChI=1S/C14H12N4O2/c1-20-3-2-11(19)10-4-7-6-17-13-8(15)5-9(16)14(18-10)12(7)13/h2-6,16,18H,15H2,1H3/b3-2-,16-9?. The highest BCUT2D eigenvalue weighted by atomic mass is 16.5. The molecule has 0 fully saturated rings. The van der Waals surface area contributed by atoms with Gasteiger partial charge in [0, 0.05) is 23.0 Å². The molecule has 0 spiro atoms. The third-order valence-corrected chi connectivity index (χ3v) is 3.13. The molecule has 2 heterocycles. The number of carbonyl (C=O) groups is 1. The Hall–Kier alpha value is -2.89. The fourth-order valence-electron chi connectivity index (χ4n) is 2.23. The summed E-state index contributed by atoms with van der Waals surface area (Å²) < 4.78 is 4.73. The van der Waals surface area contributed by atoms with E-state index in [1.165, 1.54) is 25.5 Å². The van der Waals surface area contributed by atoms with E-state index >= 15 is 0 Å². The van der Waals surface area contributed by atoms with Gasteiger partial charge in [-0.05, 0) is 12.1 Å². The van der Waals surface area contributed by atoms with Gasteiger partial charge in [0.15, 0.2) is 0 Å². The third kappa shape index (κ3) is 1.70. The van der Waals surface area contributed by atoms with Crippen molar-refractivity contribution in [3.63, 3.8) is 0 Å². The molecule has 6 heteroatoms. The van der Waals surface area contributed by atoms with Crippen LogP contribution in [0.25, 0.3) is 21.8 Å². The Morgan fingerprint density at radius 1 is 1.50 bits per heavy atom. The van der Waals surface area contributed by atoms with Gasteiger partial charge in [-0.1, -0.05) is 0 Å². The number of aromatic amines is 1. The van der Waals surface area contributed by atoms with Crippen molar-refractivity contribution in [3.05, 3.63) is 41.7 Å². The van der Waals surface area contributed by atoms with Crippen LogP contribution in [0.1, 0.15) is 10.5 Å². The van der Waals surface area contributed by atoms with Gasteiger partial charge in [-0.25, -0.2) is 0 Å². The zero-order chi connectivity index (χ0) is 14.3. The molecule has 0 saturated heterocycles. The van der Waals surface area contributed by atoms with Crippen molar-refractivity contribution in [1.29, 1.82) is 5.41 Å². The molecule has 0 saturated carbocycles. The number of hydrogen-bond acceptors (Lipinski definition) is 5. The van der Waals surface area contributed by atoms with E-state index in [4.69, 9.17) is 15.9 Å². The molecule has 0 aliphatic carbocycles. The number of pyridine rings is 1. The van der Waals surface area contributed by atoms with E-state index in [0.29, 0.717) is 22.4 Å². The van der Waals surface area contributed by atoms with Crippen LogP contribution < -0.4 is 11.1 Å². The van der Waals surface area contributed by atoms with Gasteiger partial charge in [-0.3, -0.25) is 15.2 Å². The molecule has 100 valence electrons. The maximum absolute atomic E-state index is 12.0. The fraction of sp³-hybridized carbons (Fsp3) is 0.0714. The van der Waals surface area contributed by atoms with Gasteiger partial charge in [0.1, 0.15) is 0 Å². The average molecular weight is 268 g/mol. The summed E-state index contributed by atoms with van der Waals surface area (Å²) in [5.74, 6) is -0.233. The largest absolute Gasteiger partial charge is 0.504 e. The van der Waals surface area contributed by atoms with Gasteiger partial charge in [-0.2, -0.15) is 0 Å². The first-order valence-electron chi connectivity index (χ1n) is 5.93. The zero-order valence-electron chi connectivity index (χ0n) is 10.7. The number of nitrogens with zero attached hydrogens (tertiary/aromatic N) is 1. The lowest BCUT2D eigenvalue weighted by molar-refractivity contribution is 0.104. The van der Waals surface area contributed by atoms with Crippen LogP contribution in [0.4, 0.5) is 5.69 Å². The summed E-state index contributed by atoms with van der Waals surface area (Å²) in [7, 11) is 1.47. The number of allylic oxidation sites excluding steroid dienone is 1. The van der Waals surface area contributed by atoms with Crippen molar-refractivity contribution < 1.29 is 9.53 Å². The molecule has 2 aromatic heterocycles. The van der Waals surface area contributed by atoms with Crippen LogP contribution in [0.15, 0.2) is 30.7 Å². The van der Waals surface area contributed by atoms with Gasteiger partial charge < -0.3 is 15.5 Å². The summed E-state index contributed by atoms with van der Waals surface area (Å²) in [5.41, 5.74) is 7.89. The van der Waals surface area contributed by atoms with Gasteiger partial charge in [0.2, 0.25) is 5.78 Å². The fourth-order valence-corrected chi connectivity index (χ4v) is 2.23. The molecule has 3 aromatic rings. The molecule has 0 atom stereocenters. The number of anilines is 1. The zero-order valence-corrected chi connectivity index (χ0v) is 10.7. The van der Waals surface area contributed by atoms with Gasteiger partial charge >= 0.3 is 0 Å². The Kier molecular flexibility index (Phi) is 2.64. The number of rotatable bonds is 3. The lowest BCUT2D eigenvalue weighted by Crippen LogP contribution is -2.08. The highest BCUT2D eigenvalue weighted by Gasteiger charge is 2.13. The van der Waals surface area contributed by atoms with Crippen LogP contribution in [-0.4, -0.2) is 22.9 Å². The number of hydrogen-bond donors (Lipinski definition) is 3. The molecular formula is C14H12N4O2. The molecule has 0 bridgehead atoms. The maximum atomic E-state index is 12.0. The highest BCUT2D eigenvalue weighted by Crippen LogP contribution is 2.27. The van der Waals surface area contributed by atoms with Crippen LogP contribution >= 0.6 is 0 Å². The molecule has 4 N–H and O–H groups in total. The molecule has 6 nitrogen and oxygen atoms in total. The summed E-state index contributed by atoms with van der Waals surface area (Å²) in [5, 5.41) is 9.78. The van der Waals surface area contributed by atoms with Crippen LogP contribution in [-0.2, 0) is 4.74 Å². The SMILES string of the molecule is CO/C=C\C(=O)c1cc2cnc3c(N)cc(=N)c([nH]1)c23. The lowest BCUT2D eigenvalue weighted by Gasteiger charge is -2.04. The molecule has 3 rings (SSSR count). The molecule has 0 aliphatic rings. The topological polar surface area (TPSA) is 105 Å². The number of ketones is 1. The second-order valence-electron chi connectivity index (χ2n) is 4.41. The minimum Gasteiger partial charge on any atom is -0.504 e. The van der Waals surface area contributed by atoms with Crippen LogP contribution in [0, 0.1) is 5.41 Å². The summed E-state index contributed by atoms with van der Waals surface area (Å²) in [6, 6.07) is 3.23. The van der Waals surface area contributed by atoms with E-state index in [2.05, 4.69) is 9.97 Å². The van der Waals surface area contributed by atoms with E-state index in [0.717, 1.165) is 10.8 Å².